The molecule has 3 N–H and O–H groups in total. The van der Waals surface area contributed by atoms with Gasteiger partial charge in [-0.25, -0.2) is 4.57 Å². The molecule has 2 aliphatic rings. The quantitative estimate of drug-likeness (QED) is 0.100. The molecule has 1 saturated heterocycles. The van der Waals surface area contributed by atoms with E-state index in [0.717, 1.165) is 16.4 Å². The molecule has 0 aliphatic carbocycles. The van der Waals surface area contributed by atoms with E-state index >= 15 is 0 Å². The summed E-state index contributed by atoms with van der Waals surface area (Å²) in [6.07, 6.45) is 5.03. The number of thioether (sulfide) groups is 1. The van der Waals surface area contributed by atoms with Crippen molar-refractivity contribution in [3.8, 4) is 0 Å². The van der Waals surface area contributed by atoms with Gasteiger partial charge in [0.25, 0.3) is 11.8 Å². The Kier molecular flexibility index (Phi) is 8.43. The van der Waals surface area contributed by atoms with Crippen molar-refractivity contribution in [2.45, 2.75) is 18.0 Å². The van der Waals surface area contributed by atoms with Gasteiger partial charge in [-0.05, 0) is 0 Å². The van der Waals surface area contributed by atoms with Crippen LogP contribution in [-0.4, -0.2) is 61.5 Å². The standard InChI is InChI=1S/C20H19N7O5S2.ClH/c1-2-8-32-24-12(15-23-20(21)34-25-15)16(28)22-13-17(29)27-14(19(30)31)11(10-33-18(13)27)9-26-6-4-3-5-7-26;/h2-7,13,18H,1,8-10H2,(H3-,21,22,23,25,28,30,31);1H/t13?,18-;/m0./s1. The van der Waals surface area contributed by atoms with Gasteiger partial charge in [0, 0.05) is 35.0 Å². The number of carboxylic acids is 1. The molecule has 2 aromatic heterocycles. The van der Waals surface area contributed by atoms with Gasteiger partial charge in [0.15, 0.2) is 24.1 Å². The lowest BCUT2D eigenvalue weighted by molar-refractivity contribution is -0.689. The Morgan fingerprint density at radius 1 is 1.40 bits per heavy atom. The molecule has 0 aromatic carbocycles. The van der Waals surface area contributed by atoms with Crippen LogP contribution in [0.4, 0.5) is 5.13 Å². The van der Waals surface area contributed by atoms with E-state index in [1.807, 2.05) is 18.2 Å². The van der Waals surface area contributed by atoms with Gasteiger partial charge in [-0.3, -0.25) is 14.5 Å². The number of pyridine rings is 1. The Hall–Kier alpha value is -3.49. The number of nitrogens with two attached hydrogens (primary N) is 1. The average Bonchev–Trinajstić information content (AvgIpc) is 3.26. The van der Waals surface area contributed by atoms with Gasteiger partial charge in [0.1, 0.15) is 18.0 Å². The maximum atomic E-state index is 12.9. The predicted molar refractivity (Wildman–Crippen MR) is 128 cm³/mol. The number of nitrogens with zero attached hydrogens (tertiary/aromatic N) is 5. The number of hydrogen-bond acceptors (Lipinski definition) is 11. The lowest BCUT2D eigenvalue weighted by Gasteiger charge is -2.50. The normalized spacial score (nSPS) is 19.3. The van der Waals surface area contributed by atoms with Crippen LogP contribution in [0, 0.1) is 0 Å². The fourth-order valence-electron chi connectivity index (χ4n) is 3.43. The summed E-state index contributed by atoms with van der Waals surface area (Å²) in [7, 11) is 0. The highest BCUT2D eigenvalue weighted by molar-refractivity contribution is 8.00. The second kappa shape index (κ2) is 11.3. The topological polar surface area (TPSA) is 167 Å². The molecular formula is C20H20ClN7O5S2. The Bertz CT molecular complexity index is 1200. The summed E-state index contributed by atoms with van der Waals surface area (Å²) >= 11 is 2.21. The van der Waals surface area contributed by atoms with Crippen molar-refractivity contribution in [3.05, 3.63) is 60.3 Å². The molecule has 12 nitrogen and oxygen atoms in total. The van der Waals surface area contributed by atoms with Gasteiger partial charge in [0.2, 0.25) is 11.5 Å². The van der Waals surface area contributed by atoms with Crippen LogP contribution in [0.3, 0.4) is 0 Å². The number of aromatic nitrogens is 3. The third-order valence-electron chi connectivity index (χ3n) is 4.89. The Morgan fingerprint density at radius 3 is 2.77 bits per heavy atom. The van der Waals surface area contributed by atoms with Gasteiger partial charge < -0.3 is 25.8 Å². The number of amides is 2. The summed E-state index contributed by atoms with van der Waals surface area (Å²) in [5.74, 6) is -2.49. The zero-order chi connectivity index (χ0) is 24.2. The summed E-state index contributed by atoms with van der Waals surface area (Å²) in [6.45, 7) is 3.83. The highest BCUT2D eigenvalue weighted by Gasteiger charge is 2.53. The molecule has 15 heteroatoms. The van der Waals surface area contributed by atoms with Gasteiger partial charge in [0.05, 0.1) is 11.7 Å². The van der Waals surface area contributed by atoms with Crippen LogP contribution >= 0.6 is 35.7 Å². The van der Waals surface area contributed by atoms with E-state index in [9.17, 15) is 19.5 Å². The van der Waals surface area contributed by atoms with Crippen LogP contribution in [0.15, 0.2) is 59.7 Å². The number of fused-ring (bicyclic) bond motifs is 1. The van der Waals surface area contributed by atoms with Crippen LogP contribution in [0.25, 0.3) is 0 Å². The number of aliphatic carboxylic acids is 1. The highest BCUT2D eigenvalue weighted by Crippen LogP contribution is 2.40. The first-order valence-corrected chi connectivity index (χ1v) is 11.8. The average molecular weight is 538 g/mol. The Morgan fingerprint density at radius 2 is 2.14 bits per heavy atom. The lowest BCUT2D eigenvalue weighted by atomic mass is 10.0. The van der Waals surface area contributed by atoms with Gasteiger partial charge in [-0.2, -0.15) is 9.36 Å². The SMILES string of the molecule is C=CCON=C(C(=O)NC1C(=O)N2C(C(=O)[O-])=C(C[n+]3ccccc3)CS[C@@H]12)c1nsc(N)n1.Cl. The fourth-order valence-corrected chi connectivity index (χ4v) is 5.20. The molecule has 0 spiro atoms. The third-order valence-corrected chi connectivity index (χ3v) is 6.78. The Labute approximate surface area is 214 Å². The number of nitrogens with one attached hydrogen (secondary N) is 1. The minimum atomic E-state index is -1.45. The van der Waals surface area contributed by atoms with Crippen LogP contribution in [0.2, 0.25) is 0 Å². The van der Waals surface area contributed by atoms with Crippen LogP contribution < -0.4 is 20.7 Å². The number of hydrogen-bond donors (Lipinski definition) is 2. The van der Waals surface area contributed by atoms with Crippen molar-refractivity contribution < 1.29 is 28.9 Å². The third kappa shape index (κ3) is 5.44. The van der Waals surface area contributed by atoms with Crippen LogP contribution in [-0.2, 0) is 25.8 Å². The molecule has 2 aromatic rings. The minimum absolute atomic E-state index is 0. The molecule has 184 valence electrons. The summed E-state index contributed by atoms with van der Waals surface area (Å²) in [5.41, 5.74) is 5.70. The first-order valence-electron chi connectivity index (χ1n) is 9.94. The lowest BCUT2D eigenvalue weighted by Crippen LogP contribution is -2.71. The maximum absolute atomic E-state index is 12.9. The summed E-state index contributed by atoms with van der Waals surface area (Å²) in [6, 6.07) is 4.51. The minimum Gasteiger partial charge on any atom is -0.543 e. The van der Waals surface area contributed by atoms with Crippen molar-refractivity contribution in [1.29, 1.82) is 0 Å². The number of carbonyl (C=O) groups is 3. The highest BCUT2D eigenvalue weighted by atomic mass is 35.5. The molecule has 0 radical (unpaired) electrons. The number of rotatable bonds is 9. The molecule has 0 saturated carbocycles. The molecular weight excluding hydrogens is 518 g/mol. The molecule has 2 atom stereocenters. The molecule has 4 heterocycles. The first-order chi connectivity index (χ1) is 16.4. The summed E-state index contributed by atoms with van der Waals surface area (Å²) in [5, 5.41) is 17.8. The van der Waals surface area contributed by atoms with Crippen LogP contribution in [0.1, 0.15) is 5.82 Å². The second-order valence-corrected chi connectivity index (χ2v) is 9.02. The van der Waals surface area contributed by atoms with Crippen molar-refractivity contribution >= 4 is 64.3 Å². The number of carbonyl (C=O) groups excluding carboxylic acids is 3. The van der Waals surface area contributed by atoms with E-state index in [1.54, 1.807) is 17.0 Å². The first kappa shape index (κ1) is 26.1. The number of β-lactam (4-membered cyclic amide) rings is 1. The van der Waals surface area contributed by atoms with E-state index in [2.05, 4.69) is 26.4 Å². The fraction of sp³-hybridized carbons (Fsp3) is 0.250. The molecule has 1 fully saturated rings. The largest absolute Gasteiger partial charge is 0.543 e. The monoisotopic (exact) mass is 537 g/mol. The van der Waals surface area contributed by atoms with Crippen LogP contribution in [0.5, 0.6) is 0 Å². The van der Waals surface area contributed by atoms with E-state index in [0.29, 0.717) is 17.9 Å². The predicted octanol–water partition coefficient (Wildman–Crippen LogP) is -1.16. The molecule has 35 heavy (non-hydrogen) atoms. The van der Waals surface area contributed by atoms with Crippen molar-refractivity contribution in [1.82, 2.24) is 19.6 Å². The number of carboxylic acid groups (broad SMARTS) is 1. The molecule has 0 bridgehead atoms. The summed E-state index contributed by atoms with van der Waals surface area (Å²) in [4.78, 5) is 47.8. The van der Waals surface area contributed by atoms with E-state index in [-0.39, 0.29) is 41.4 Å². The van der Waals surface area contributed by atoms with Gasteiger partial charge in [-0.1, -0.05) is 23.9 Å². The second-order valence-electron chi connectivity index (χ2n) is 7.13. The van der Waals surface area contributed by atoms with E-state index < -0.39 is 29.2 Å². The maximum Gasteiger partial charge on any atom is 0.278 e. The Balaban J connectivity index is 0.00000342. The van der Waals surface area contributed by atoms with E-state index in [4.69, 9.17) is 10.6 Å². The molecule has 1 unspecified atom stereocenters. The van der Waals surface area contributed by atoms with Crippen molar-refractivity contribution in [2.24, 2.45) is 5.16 Å². The molecule has 4 rings (SSSR count). The van der Waals surface area contributed by atoms with Crippen molar-refractivity contribution in [2.75, 3.05) is 18.1 Å². The zero-order valence-electron chi connectivity index (χ0n) is 18.0. The van der Waals surface area contributed by atoms with E-state index in [1.165, 1.54) is 17.8 Å². The van der Waals surface area contributed by atoms with Gasteiger partial charge >= 0.3 is 0 Å². The summed E-state index contributed by atoms with van der Waals surface area (Å²) < 4.78 is 5.77. The van der Waals surface area contributed by atoms with Gasteiger partial charge in [-0.15, -0.1) is 24.2 Å². The van der Waals surface area contributed by atoms with Crippen molar-refractivity contribution in [3.63, 3.8) is 0 Å². The molecule has 2 amide bonds. The number of oxime groups is 1. The number of nitrogen functional groups attached to an aromatic ring is 1. The number of halogens is 1. The number of anilines is 1. The smallest absolute Gasteiger partial charge is 0.278 e. The molecule has 2 aliphatic heterocycles. The zero-order valence-corrected chi connectivity index (χ0v) is 20.5.